The summed E-state index contributed by atoms with van der Waals surface area (Å²) in [5.74, 6) is 0.770. The fourth-order valence-electron chi connectivity index (χ4n) is 4.33. The van der Waals surface area contributed by atoms with Gasteiger partial charge in [-0.3, -0.25) is 10.2 Å². The van der Waals surface area contributed by atoms with Gasteiger partial charge in [-0.2, -0.15) is 0 Å². The van der Waals surface area contributed by atoms with E-state index in [4.69, 9.17) is 15.9 Å². The number of rotatable bonds is 6. The molecule has 1 unspecified atom stereocenters. The lowest BCUT2D eigenvalue weighted by Gasteiger charge is -2.35. The standard InChI is InChI=1S/C20H28N4O3.ClH/c1-27-18(25)10-11-24-17(12-23-20(24)26)15-6-2-13(3-7-15)14-4-8-16(9-5-14)19(21)22;/h4-5,8-9,13,15,17H,2-3,6-7,10-12H2,1H3,(H3,21,22)(H,23,26);1H. The number of carbonyl (C=O) groups is 2. The predicted molar refractivity (Wildman–Crippen MR) is 110 cm³/mol. The predicted octanol–water partition coefficient (Wildman–Crippen LogP) is 2.62. The van der Waals surface area contributed by atoms with E-state index in [1.165, 1.54) is 12.7 Å². The van der Waals surface area contributed by atoms with Gasteiger partial charge >= 0.3 is 12.0 Å². The normalized spacial score (nSPS) is 24.2. The van der Waals surface area contributed by atoms with Crippen molar-refractivity contribution in [3.63, 3.8) is 0 Å². The number of benzene rings is 1. The van der Waals surface area contributed by atoms with Gasteiger partial charge in [-0.1, -0.05) is 24.3 Å². The third-order valence-corrected chi connectivity index (χ3v) is 5.92. The van der Waals surface area contributed by atoms with Crippen molar-refractivity contribution in [3.8, 4) is 0 Å². The summed E-state index contributed by atoms with van der Waals surface area (Å²) in [6.07, 6.45) is 4.53. The van der Waals surface area contributed by atoms with Crippen LogP contribution in [-0.4, -0.2) is 49.0 Å². The summed E-state index contributed by atoms with van der Waals surface area (Å²) in [5, 5.41) is 10.4. The molecule has 8 heteroatoms. The highest BCUT2D eigenvalue weighted by atomic mass is 35.5. The average Bonchev–Trinajstić information content (AvgIpc) is 3.06. The first-order valence-electron chi connectivity index (χ1n) is 9.55. The molecule has 154 valence electrons. The molecule has 0 radical (unpaired) electrons. The molecule has 4 N–H and O–H groups in total. The van der Waals surface area contributed by atoms with Gasteiger partial charge in [0.05, 0.1) is 19.6 Å². The number of carbonyl (C=O) groups excluding carboxylic acids is 2. The van der Waals surface area contributed by atoms with E-state index in [-0.39, 0.29) is 42.7 Å². The molecule has 2 amide bonds. The number of esters is 1. The Morgan fingerprint density at radius 2 is 1.89 bits per heavy atom. The third kappa shape index (κ3) is 4.95. The zero-order chi connectivity index (χ0) is 19.4. The molecule has 1 aromatic carbocycles. The number of hydrogen-bond acceptors (Lipinski definition) is 4. The van der Waals surface area contributed by atoms with E-state index >= 15 is 0 Å². The second kappa shape index (κ2) is 9.78. The molecule has 0 spiro atoms. The molecule has 1 saturated heterocycles. The van der Waals surface area contributed by atoms with Crippen molar-refractivity contribution >= 4 is 30.2 Å². The maximum atomic E-state index is 12.1. The van der Waals surface area contributed by atoms with Crippen LogP contribution in [0.2, 0.25) is 0 Å². The summed E-state index contributed by atoms with van der Waals surface area (Å²) in [7, 11) is 1.37. The van der Waals surface area contributed by atoms with Crippen LogP contribution in [0.1, 0.15) is 49.1 Å². The van der Waals surface area contributed by atoms with Crippen LogP contribution in [-0.2, 0) is 9.53 Å². The SMILES string of the molecule is COC(=O)CCN1C(=O)NCC1C1CCC(c2ccc(C(=N)N)cc2)CC1.Cl. The second-order valence-electron chi connectivity index (χ2n) is 7.42. The van der Waals surface area contributed by atoms with E-state index in [9.17, 15) is 9.59 Å². The average molecular weight is 409 g/mol. The van der Waals surface area contributed by atoms with Crippen molar-refractivity contribution < 1.29 is 14.3 Å². The van der Waals surface area contributed by atoms with Gasteiger partial charge in [-0.05, 0) is 43.1 Å². The molecule has 2 fully saturated rings. The first-order valence-corrected chi connectivity index (χ1v) is 9.55. The van der Waals surface area contributed by atoms with E-state index in [0.29, 0.717) is 24.9 Å². The number of urea groups is 1. The summed E-state index contributed by atoms with van der Waals surface area (Å²) in [5.41, 5.74) is 7.57. The van der Waals surface area contributed by atoms with Crippen molar-refractivity contribution in [2.75, 3.05) is 20.2 Å². The lowest BCUT2D eigenvalue weighted by molar-refractivity contribution is -0.140. The van der Waals surface area contributed by atoms with Gasteiger partial charge in [0.25, 0.3) is 0 Å². The first-order chi connectivity index (χ1) is 13.0. The molecular weight excluding hydrogens is 380 g/mol. The molecule has 0 aromatic heterocycles. The molecule has 1 heterocycles. The summed E-state index contributed by atoms with van der Waals surface area (Å²) in [4.78, 5) is 25.4. The fourth-order valence-corrected chi connectivity index (χ4v) is 4.33. The van der Waals surface area contributed by atoms with Crippen molar-refractivity contribution in [3.05, 3.63) is 35.4 Å². The Morgan fingerprint density at radius 3 is 2.46 bits per heavy atom. The van der Waals surface area contributed by atoms with E-state index < -0.39 is 0 Å². The Hall–Kier alpha value is -2.28. The van der Waals surface area contributed by atoms with Gasteiger partial charge in [-0.25, -0.2) is 4.79 Å². The fraction of sp³-hybridized carbons (Fsp3) is 0.550. The second-order valence-corrected chi connectivity index (χ2v) is 7.42. The maximum absolute atomic E-state index is 12.1. The molecule has 1 saturated carbocycles. The summed E-state index contributed by atoms with van der Waals surface area (Å²) < 4.78 is 4.69. The Bertz CT molecular complexity index is 702. The smallest absolute Gasteiger partial charge is 0.317 e. The lowest BCUT2D eigenvalue weighted by atomic mass is 9.75. The minimum atomic E-state index is -0.286. The van der Waals surface area contributed by atoms with Gasteiger partial charge in [0.2, 0.25) is 0 Å². The van der Waals surface area contributed by atoms with Crippen molar-refractivity contribution in [1.29, 1.82) is 5.41 Å². The number of ether oxygens (including phenoxy) is 1. The van der Waals surface area contributed by atoms with E-state index in [1.807, 2.05) is 17.0 Å². The Kier molecular flexibility index (Phi) is 7.69. The van der Waals surface area contributed by atoms with Crippen LogP contribution in [0.5, 0.6) is 0 Å². The largest absolute Gasteiger partial charge is 0.469 e. The highest BCUT2D eigenvalue weighted by Crippen LogP contribution is 2.38. The molecule has 3 rings (SSSR count). The highest BCUT2D eigenvalue weighted by Gasteiger charge is 2.38. The van der Waals surface area contributed by atoms with Gasteiger partial charge in [0.1, 0.15) is 5.84 Å². The van der Waals surface area contributed by atoms with E-state index in [0.717, 1.165) is 31.2 Å². The number of amides is 2. The topological polar surface area (TPSA) is 109 Å². The van der Waals surface area contributed by atoms with Crippen molar-refractivity contribution in [1.82, 2.24) is 10.2 Å². The summed E-state index contributed by atoms with van der Waals surface area (Å²) >= 11 is 0. The monoisotopic (exact) mass is 408 g/mol. The Balaban J connectivity index is 0.00000280. The summed E-state index contributed by atoms with van der Waals surface area (Å²) in [6.45, 7) is 1.07. The first kappa shape index (κ1) is 22.0. The molecule has 1 aliphatic heterocycles. The number of nitrogens with zero attached hydrogens (tertiary/aromatic N) is 1. The molecule has 0 bridgehead atoms. The summed E-state index contributed by atoms with van der Waals surface area (Å²) in [6, 6.07) is 8.06. The Morgan fingerprint density at radius 1 is 1.25 bits per heavy atom. The number of nitrogens with two attached hydrogens (primary N) is 1. The molecule has 7 nitrogen and oxygen atoms in total. The van der Waals surface area contributed by atoms with Crippen LogP contribution in [0.15, 0.2) is 24.3 Å². The number of methoxy groups -OCH3 is 1. The Labute approximate surface area is 171 Å². The lowest BCUT2D eigenvalue weighted by Crippen LogP contribution is -2.41. The number of halogens is 1. The third-order valence-electron chi connectivity index (χ3n) is 5.92. The zero-order valence-corrected chi connectivity index (χ0v) is 17.0. The van der Waals surface area contributed by atoms with E-state index in [1.54, 1.807) is 0 Å². The number of nitrogen functional groups attached to an aromatic ring is 1. The number of nitrogens with one attached hydrogen (secondary N) is 2. The van der Waals surface area contributed by atoms with Crippen molar-refractivity contribution in [2.45, 2.75) is 44.1 Å². The highest BCUT2D eigenvalue weighted by molar-refractivity contribution is 5.94. The van der Waals surface area contributed by atoms with Crippen molar-refractivity contribution in [2.24, 2.45) is 11.7 Å². The molecule has 1 aliphatic carbocycles. The number of hydrogen-bond donors (Lipinski definition) is 3. The van der Waals surface area contributed by atoms with Gasteiger partial charge in [0.15, 0.2) is 0 Å². The molecular formula is C20H29ClN4O3. The van der Waals surface area contributed by atoms with E-state index in [2.05, 4.69) is 17.4 Å². The maximum Gasteiger partial charge on any atom is 0.317 e. The zero-order valence-electron chi connectivity index (χ0n) is 16.1. The van der Waals surface area contributed by atoms with Gasteiger partial charge < -0.3 is 20.7 Å². The minimum Gasteiger partial charge on any atom is -0.469 e. The van der Waals surface area contributed by atoms with Crippen LogP contribution < -0.4 is 11.1 Å². The molecule has 2 aliphatic rings. The number of amidine groups is 1. The van der Waals surface area contributed by atoms with Crippen LogP contribution in [0.3, 0.4) is 0 Å². The van der Waals surface area contributed by atoms with Crippen LogP contribution in [0.4, 0.5) is 4.79 Å². The van der Waals surface area contributed by atoms with Crippen LogP contribution in [0.25, 0.3) is 0 Å². The van der Waals surface area contributed by atoms with Crippen LogP contribution >= 0.6 is 12.4 Å². The molecule has 28 heavy (non-hydrogen) atoms. The molecule has 1 aromatic rings. The van der Waals surface area contributed by atoms with Crippen LogP contribution in [0, 0.1) is 11.3 Å². The van der Waals surface area contributed by atoms with Gasteiger partial charge in [-0.15, -0.1) is 12.4 Å². The molecule has 1 atom stereocenters. The quantitative estimate of drug-likeness (QED) is 0.382. The van der Waals surface area contributed by atoms with Gasteiger partial charge in [0, 0.05) is 18.7 Å². The minimum absolute atomic E-state index is 0.